The Labute approximate surface area is 131 Å². The van der Waals surface area contributed by atoms with Crippen LogP contribution < -0.4 is 11.1 Å². The van der Waals surface area contributed by atoms with E-state index in [1.165, 1.54) is 0 Å². The van der Waals surface area contributed by atoms with Crippen LogP contribution in [-0.2, 0) is 17.8 Å². The standard InChI is InChI=1S/C18H22N2O2/c1-14(19)17-9-5-8-15(12-17)10-11-20-18(21)22-13-16-6-3-2-4-7-16/h2-9,12,14H,10-11,13,19H2,1H3,(H,20,21)/t14-/m0/s1. The number of carbonyl (C=O) groups is 1. The molecule has 0 aliphatic carbocycles. The van der Waals surface area contributed by atoms with Gasteiger partial charge in [-0.2, -0.15) is 0 Å². The van der Waals surface area contributed by atoms with Gasteiger partial charge in [0.05, 0.1) is 0 Å². The van der Waals surface area contributed by atoms with E-state index in [9.17, 15) is 4.79 Å². The molecule has 2 aromatic rings. The molecule has 3 N–H and O–H groups in total. The molecule has 0 radical (unpaired) electrons. The average molecular weight is 298 g/mol. The molecule has 1 atom stereocenters. The fourth-order valence-electron chi connectivity index (χ4n) is 2.11. The predicted octanol–water partition coefficient (Wildman–Crippen LogP) is 3.18. The van der Waals surface area contributed by atoms with Crippen LogP contribution in [0.2, 0.25) is 0 Å². The fraction of sp³-hybridized carbons (Fsp3) is 0.278. The molecule has 0 aliphatic rings. The topological polar surface area (TPSA) is 64.3 Å². The number of hydrogen-bond donors (Lipinski definition) is 2. The maximum absolute atomic E-state index is 11.6. The van der Waals surface area contributed by atoms with Crippen LogP contribution >= 0.6 is 0 Å². The molecule has 2 rings (SSSR count). The highest BCUT2D eigenvalue weighted by Crippen LogP contribution is 2.12. The van der Waals surface area contributed by atoms with E-state index >= 15 is 0 Å². The summed E-state index contributed by atoms with van der Waals surface area (Å²) in [5.41, 5.74) is 9.09. The van der Waals surface area contributed by atoms with Crippen LogP contribution in [-0.4, -0.2) is 12.6 Å². The van der Waals surface area contributed by atoms with Crippen LogP contribution in [0.4, 0.5) is 4.79 Å². The minimum Gasteiger partial charge on any atom is -0.445 e. The van der Waals surface area contributed by atoms with Crippen molar-refractivity contribution in [3.05, 3.63) is 71.3 Å². The number of rotatable bonds is 6. The minimum absolute atomic E-state index is 0.0174. The van der Waals surface area contributed by atoms with Crippen LogP contribution in [0.25, 0.3) is 0 Å². The monoisotopic (exact) mass is 298 g/mol. The second-order valence-electron chi connectivity index (χ2n) is 5.27. The van der Waals surface area contributed by atoms with Crippen molar-refractivity contribution in [1.29, 1.82) is 0 Å². The third-order valence-corrected chi connectivity index (χ3v) is 3.37. The van der Waals surface area contributed by atoms with Crippen molar-refractivity contribution >= 4 is 6.09 Å². The molecule has 0 heterocycles. The summed E-state index contributed by atoms with van der Waals surface area (Å²) >= 11 is 0. The molecule has 4 heteroatoms. The predicted molar refractivity (Wildman–Crippen MR) is 87.4 cm³/mol. The molecule has 0 fully saturated rings. The Kier molecular flexibility index (Phi) is 5.98. The highest BCUT2D eigenvalue weighted by atomic mass is 16.5. The Hall–Kier alpha value is -2.33. The lowest BCUT2D eigenvalue weighted by Crippen LogP contribution is -2.26. The third-order valence-electron chi connectivity index (χ3n) is 3.37. The van der Waals surface area contributed by atoms with E-state index in [0.717, 1.165) is 23.1 Å². The highest BCUT2D eigenvalue weighted by molar-refractivity contribution is 5.67. The van der Waals surface area contributed by atoms with Crippen molar-refractivity contribution < 1.29 is 9.53 Å². The normalized spacial score (nSPS) is 11.7. The maximum atomic E-state index is 11.6. The fourth-order valence-corrected chi connectivity index (χ4v) is 2.11. The van der Waals surface area contributed by atoms with Gasteiger partial charge in [-0.25, -0.2) is 4.79 Å². The van der Waals surface area contributed by atoms with Crippen molar-refractivity contribution in [3.63, 3.8) is 0 Å². The molecular weight excluding hydrogens is 276 g/mol. The van der Waals surface area contributed by atoms with Gasteiger partial charge >= 0.3 is 6.09 Å². The van der Waals surface area contributed by atoms with E-state index < -0.39 is 6.09 Å². The smallest absolute Gasteiger partial charge is 0.407 e. The number of nitrogens with two attached hydrogens (primary N) is 1. The quantitative estimate of drug-likeness (QED) is 0.861. The van der Waals surface area contributed by atoms with E-state index in [-0.39, 0.29) is 12.6 Å². The summed E-state index contributed by atoms with van der Waals surface area (Å²) in [6.07, 6.45) is 0.355. The summed E-state index contributed by atoms with van der Waals surface area (Å²) in [5.74, 6) is 0. The number of nitrogens with one attached hydrogen (secondary N) is 1. The van der Waals surface area contributed by atoms with Gasteiger partial charge in [0.1, 0.15) is 6.61 Å². The number of alkyl carbamates (subject to hydrolysis) is 1. The Morgan fingerprint density at radius 2 is 1.86 bits per heavy atom. The first kappa shape index (κ1) is 16.0. The summed E-state index contributed by atoms with van der Waals surface area (Å²) in [5, 5.41) is 2.76. The molecule has 0 saturated carbocycles. The van der Waals surface area contributed by atoms with Crippen molar-refractivity contribution in [1.82, 2.24) is 5.32 Å². The van der Waals surface area contributed by atoms with Gasteiger partial charge in [-0.3, -0.25) is 0 Å². The minimum atomic E-state index is -0.396. The van der Waals surface area contributed by atoms with Gasteiger partial charge in [0.2, 0.25) is 0 Å². The Bertz CT molecular complexity index is 597. The summed E-state index contributed by atoms with van der Waals surface area (Å²) < 4.78 is 5.16. The molecule has 22 heavy (non-hydrogen) atoms. The zero-order valence-corrected chi connectivity index (χ0v) is 12.8. The Morgan fingerprint density at radius 1 is 1.14 bits per heavy atom. The van der Waals surface area contributed by atoms with Gasteiger partial charge < -0.3 is 15.8 Å². The first-order valence-corrected chi connectivity index (χ1v) is 7.44. The zero-order chi connectivity index (χ0) is 15.8. The van der Waals surface area contributed by atoms with Crippen LogP contribution in [0.15, 0.2) is 54.6 Å². The lowest BCUT2D eigenvalue weighted by Gasteiger charge is -2.09. The molecule has 2 aromatic carbocycles. The molecule has 0 saturated heterocycles. The second kappa shape index (κ2) is 8.20. The van der Waals surface area contributed by atoms with Crippen molar-refractivity contribution in [3.8, 4) is 0 Å². The summed E-state index contributed by atoms with van der Waals surface area (Å²) in [7, 11) is 0. The van der Waals surface area contributed by atoms with Crippen molar-refractivity contribution in [2.45, 2.75) is 26.0 Å². The largest absolute Gasteiger partial charge is 0.445 e. The second-order valence-corrected chi connectivity index (χ2v) is 5.27. The molecular formula is C18H22N2O2. The van der Waals surface area contributed by atoms with Gasteiger partial charge in [-0.1, -0.05) is 54.6 Å². The van der Waals surface area contributed by atoms with E-state index in [4.69, 9.17) is 10.5 Å². The van der Waals surface area contributed by atoms with E-state index in [1.54, 1.807) is 0 Å². The van der Waals surface area contributed by atoms with Gasteiger partial charge in [0, 0.05) is 12.6 Å². The number of hydrogen-bond acceptors (Lipinski definition) is 3. The first-order valence-electron chi connectivity index (χ1n) is 7.44. The van der Waals surface area contributed by atoms with Crippen molar-refractivity contribution in [2.75, 3.05) is 6.54 Å². The Balaban J connectivity index is 1.72. The van der Waals surface area contributed by atoms with E-state index in [0.29, 0.717) is 6.54 Å². The van der Waals surface area contributed by atoms with Crippen molar-refractivity contribution in [2.24, 2.45) is 5.73 Å². The van der Waals surface area contributed by atoms with E-state index in [1.807, 2.05) is 55.5 Å². The van der Waals surface area contributed by atoms with Gasteiger partial charge in [-0.15, -0.1) is 0 Å². The molecule has 0 bridgehead atoms. The number of benzene rings is 2. The molecule has 116 valence electrons. The molecule has 0 aliphatic heterocycles. The lowest BCUT2D eigenvalue weighted by atomic mass is 10.0. The third kappa shape index (κ3) is 5.22. The van der Waals surface area contributed by atoms with Crippen LogP contribution in [0.1, 0.15) is 29.7 Å². The zero-order valence-electron chi connectivity index (χ0n) is 12.8. The average Bonchev–Trinajstić information content (AvgIpc) is 2.54. The highest BCUT2D eigenvalue weighted by Gasteiger charge is 2.04. The molecule has 0 unspecified atom stereocenters. The summed E-state index contributed by atoms with van der Waals surface area (Å²) in [6.45, 7) is 2.78. The van der Waals surface area contributed by atoms with Gasteiger partial charge in [0.25, 0.3) is 0 Å². The Morgan fingerprint density at radius 3 is 2.59 bits per heavy atom. The maximum Gasteiger partial charge on any atom is 0.407 e. The number of ether oxygens (including phenoxy) is 1. The molecule has 0 aromatic heterocycles. The van der Waals surface area contributed by atoms with Crippen LogP contribution in [0.3, 0.4) is 0 Å². The molecule has 0 spiro atoms. The number of carbonyl (C=O) groups excluding carboxylic acids is 1. The first-order chi connectivity index (χ1) is 10.6. The van der Waals surface area contributed by atoms with E-state index in [2.05, 4.69) is 11.4 Å². The summed E-state index contributed by atoms with van der Waals surface area (Å²) in [4.78, 5) is 11.6. The number of amides is 1. The summed E-state index contributed by atoms with van der Waals surface area (Å²) in [6, 6.07) is 17.7. The van der Waals surface area contributed by atoms with Gasteiger partial charge in [0.15, 0.2) is 0 Å². The van der Waals surface area contributed by atoms with Crippen LogP contribution in [0.5, 0.6) is 0 Å². The molecule has 4 nitrogen and oxygen atoms in total. The molecule has 1 amide bonds. The van der Waals surface area contributed by atoms with Crippen LogP contribution in [0, 0.1) is 0 Å². The lowest BCUT2D eigenvalue weighted by molar-refractivity contribution is 0.140. The van der Waals surface area contributed by atoms with Gasteiger partial charge in [-0.05, 0) is 30.0 Å². The SMILES string of the molecule is C[C@H](N)c1cccc(CCNC(=O)OCc2ccccc2)c1.